The van der Waals surface area contributed by atoms with Gasteiger partial charge in [-0.15, -0.1) is 0 Å². The number of carbonyl (C=O) groups excluding carboxylic acids is 1. The maximum Gasteiger partial charge on any atom is 0.243 e. The summed E-state index contributed by atoms with van der Waals surface area (Å²) in [6.07, 6.45) is 0.979. The van der Waals surface area contributed by atoms with E-state index >= 15 is 0 Å². The molecule has 1 fully saturated rings. The van der Waals surface area contributed by atoms with Crippen molar-refractivity contribution in [3.05, 3.63) is 65.0 Å². The Bertz CT molecular complexity index is 1010. The predicted molar refractivity (Wildman–Crippen MR) is 115 cm³/mol. The number of piperidine rings is 1. The Morgan fingerprint density at radius 2 is 1.67 bits per heavy atom. The molecule has 0 bridgehead atoms. The molecule has 0 spiro atoms. The van der Waals surface area contributed by atoms with E-state index in [4.69, 9.17) is 0 Å². The molecule has 1 amide bonds. The quantitative estimate of drug-likeness (QED) is 0.716. The number of hydrogen-bond donors (Lipinski definition) is 0. The molecular weight excluding hydrogens is 403 g/mol. The van der Waals surface area contributed by atoms with Crippen molar-refractivity contribution in [1.29, 1.82) is 0 Å². The number of halogens is 1. The zero-order valence-electron chi connectivity index (χ0n) is 17.9. The smallest absolute Gasteiger partial charge is 0.243 e. The first-order chi connectivity index (χ1) is 14.1. The van der Waals surface area contributed by atoms with Crippen LogP contribution in [0.4, 0.5) is 4.39 Å². The number of rotatable bonds is 5. The van der Waals surface area contributed by atoms with Gasteiger partial charge in [0.05, 0.1) is 10.9 Å². The van der Waals surface area contributed by atoms with Gasteiger partial charge in [-0.3, -0.25) is 4.79 Å². The second kappa shape index (κ2) is 8.86. The number of carbonyl (C=O) groups is 1. The lowest BCUT2D eigenvalue weighted by Gasteiger charge is -2.34. The molecule has 162 valence electrons. The molecule has 1 heterocycles. The van der Waals surface area contributed by atoms with Crippen molar-refractivity contribution in [3.63, 3.8) is 0 Å². The van der Waals surface area contributed by atoms with Crippen LogP contribution in [0.3, 0.4) is 0 Å². The summed E-state index contributed by atoms with van der Waals surface area (Å²) >= 11 is 0. The SMILES string of the molecule is Cc1ccc(S(=O)(=O)N2CCC(C(=O)N(C)C(C)c3ccc(F)cc3)CC2)cc1C. The van der Waals surface area contributed by atoms with Crippen molar-refractivity contribution in [2.75, 3.05) is 20.1 Å². The van der Waals surface area contributed by atoms with Gasteiger partial charge in [0.25, 0.3) is 0 Å². The van der Waals surface area contributed by atoms with Gasteiger partial charge in [0.2, 0.25) is 15.9 Å². The fraction of sp³-hybridized carbons (Fsp3) is 0.435. The molecule has 1 saturated heterocycles. The molecule has 2 aromatic rings. The zero-order valence-corrected chi connectivity index (χ0v) is 18.7. The third-order valence-electron chi connectivity index (χ3n) is 6.20. The molecule has 30 heavy (non-hydrogen) atoms. The average Bonchev–Trinajstić information content (AvgIpc) is 2.74. The van der Waals surface area contributed by atoms with Crippen LogP contribution >= 0.6 is 0 Å². The predicted octanol–water partition coefficient (Wildman–Crippen LogP) is 4.06. The Labute approximate surface area is 178 Å². The summed E-state index contributed by atoms with van der Waals surface area (Å²) in [7, 11) is -1.82. The minimum Gasteiger partial charge on any atom is -0.339 e. The van der Waals surface area contributed by atoms with Gasteiger partial charge in [-0.25, -0.2) is 12.8 Å². The second-order valence-corrected chi connectivity index (χ2v) is 10.0. The Balaban J connectivity index is 1.64. The average molecular weight is 433 g/mol. The maximum atomic E-state index is 13.2. The number of sulfonamides is 1. The van der Waals surface area contributed by atoms with E-state index in [0.717, 1.165) is 16.7 Å². The molecule has 0 N–H and O–H groups in total. The summed E-state index contributed by atoms with van der Waals surface area (Å²) in [6, 6.07) is 11.1. The summed E-state index contributed by atoms with van der Waals surface area (Å²) < 4.78 is 40.6. The molecule has 0 radical (unpaired) electrons. The summed E-state index contributed by atoms with van der Waals surface area (Å²) in [5.41, 5.74) is 2.86. The fourth-order valence-electron chi connectivity index (χ4n) is 3.81. The largest absolute Gasteiger partial charge is 0.339 e. The molecule has 0 aromatic heterocycles. The van der Waals surface area contributed by atoms with E-state index in [1.54, 1.807) is 36.2 Å². The van der Waals surface area contributed by atoms with Crippen molar-refractivity contribution < 1.29 is 17.6 Å². The van der Waals surface area contributed by atoms with Crippen LogP contribution in [0.15, 0.2) is 47.4 Å². The first kappa shape index (κ1) is 22.4. The van der Waals surface area contributed by atoms with E-state index in [2.05, 4.69) is 0 Å². The van der Waals surface area contributed by atoms with Crippen molar-refractivity contribution in [2.45, 2.75) is 44.6 Å². The Kier molecular flexibility index (Phi) is 6.62. The monoisotopic (exact) mass is 432 g/mol. The lowest BCUT2D eigenvalue weighted by Crippen LogP contribution is -2.44. The Morgan fingerprint density at radius 3 is 2.23 bits per heavy atom. The van der Waals surface area contributed by atoms with Crippen LogP contribution in [0.2, 0.25) is 0 Å². The molecule has 2 aromatic carbocycles. The third kappa shape index (κ3) is 4.57. The van der Waals surface area contributed by atoms with Crippen LogP contribution in [0, 0.1) is 25.6 Å². The highest BCUT2D eigenvalue weighted by molar-refractivity contribution is 7.89. The van der Waals surface area contributed by atoms with Crippen LogP contribution in [-0.2, 0) is 14.8 Å². The molecule has 7 heteroatoms. The van der Waals surface area contributed by atoms with Gasteiger partial charge in [-0.2, -0.15) is 4.31 Å². The fourth-order valence-corrected chi connectivity index (χ4v) is 5.37. The third-order valence-corrected chi connectivity index (χ3v) is 8.09. The van der Waals surface area contributed by atoms with E-state index in [0.29, 0.717) is 30.8 Å². The van der Waals surface area contributed by atoms with E-state index in [1.165, 1.54) is 16.4 Å². The Hall–Kier alpha value is -2.25. The highest BCUT2D eigenvalue weighted by Gasteiger charge is 2.34. The molecule has 1 aliphatic rings. The summed E-state index contributed by atoms with van der Waals surface area (Å²) in [5.74, 6) is -0.531. The second-order valence-electron chi connectivity index (χ2n) is 8.10. The lowest BCUT2D eigenvalue weighted by atomic mass is 9.95. The van der Waals surface area contributed by atoms with Crippen molar-refractivity contribution in [1.82, 2.24) is 9.21 Å². The summed E-state index contributed by atoms with van der Waals surface area (Å²) in [5, 5.41) is 0. The van der Waals surface area contributed by atoms with E-state index in [1.807, 2.05) is 26.8 Å². The van der Waals surface area contributed by atoms with E-state index in [9.17, 15) is 17.6 Å². The normalized spacial score (nSPS) is 17.0. The van der Waals surface area contributed by atoms with Gasteiger partial charge in [-0.1, -0.05) is 18.2 Å². The number of aryl methyl sites for hydroxylation is 2. The lowest BCUT2D eigenvalue weighted by molar-refractivity contribution is -0.137. The van der Waals surface area contributed by atoms with Gasteiger partial charge in [0.15, 0.2) is 0 Å². The Morgan fingerprint density at radius 1 is 1.07 bits per heavy atom. The number of benzene rings is 2. The molecular formula is C23H29FN2O3S. The highest BCUT2D eigenvalue weighted by Crippen LogP contribution is 2.28. The van der Waals surface area contributed by atoms with Crippen LogP contribution in [0.25, 0.3) is 0 Å². The number of nitrogens with zero attached hydrogens (tertiary/aromatic N) is 2. The number of hydrogen-bond acceptors (Lipinski definition) is 3. The van der Waals surface area contributed by atoms with Crippen LogP contribution in [0.1, 0.15) is 42.5 Å². The molecule has 3 rings (SSSR count). The highest BCUT2D eigenvalue weighted by atomic mass is 32.2. The molecule has 1 aliphatic heterocycles. The minimum absolute atomic E-state index is 0.00458. The zero-order chi connectivity index (χ0) is 22.1. The molecule has 1 atom stereocenters. The van der Waals surface area contributed by atoms with Crippen LogP contribution < -0.4 is 0 Å². The standard InChI is InChI=1S/C23H29FN2O3S/c1-16-5-10-22(15-17(16)2)30(28,29)26-13-11-20(12-14-26)23(27)25(4)18(3)19-6-8-21(24)9-7-19/h5-10,15,18,20H,11-14H2,1-4H3. The molecule has 1 unspecified atom stereocenters. The van der Waals surface area contributed by atoms with Crippen molar-refractivity contribution in [3.8, 4) is 0 Å². The number of amides is 1. The van der Waals surface area contributed by atoms with Crippen LogP contribution in [-0.4, -0.2) is 43.7 Å². The summed E-state index contributed by atoms with van der Waals surface area (Å²) in [4.78, 5) is 14.9. The molecule has 0 aliphatic carbocycles. The van der Waals surface area contributed by atoms with Gasteiger partial charge < -0.3 is 4.90 Å². The molecule has 5 nitrogen and oxygen atoms in total. The first-order valence-electron chi connectivity index (χ1n) is 10.2. The minimum atomic E-state index is -3.56. The van der Waals surface area contributed by atoms with Crippen LogP contribution in [0.5, 0.6) is 0 Å². The van der Waals surface area contributed by atoms with E-state index < -0.39 is 10.0 Å². The van der Waals surface area contributed by atoms with E-state index in [-0.39, 0.29) is 23.7 Å². The van der Waals surface area contributed by atoms with Gasteiger partial charge in [-0.05, 0) is 74.6 Å². The molecule has 0 saturated carbocycles. The van der Waals surface area contributed by atoms with Crippen molar-refractivity contribution in [2.24, 2.45) is 5.92 Å². The van der Waals surface area contributed by atoms with Gasteiger partial charge in [0, 0.05) is 26.1 Å². The topological polar surface area (TPSA) is 57.7 Å². The first-order valence-corrected chi connectivity index (χ1v) is 11.6. The maximum absolute atomic E-state index is 13.2. The summed E-state index contributed by atoms with van der Waals surface area (Å²) in [6.45, 7) is 6.41. The van der Waals surface area contributed by atoms with Gasteiger partial charge in [0.1, 0.15) is 5.82 Å². The van der Waals surface area contributed by atoms with Crippen molar-refractivity contribution >= 4 is 15.9 Å². The van der Waals surface area contributed by atoms with Gasteiger partial charge >= 0.3 is 0 Å².